The Labute approximate surface area is 283 Å². The molecule has 1 atom stereocenters. The average Bonchev–Trinajstić information content (AvgIpc) is 3.06. The maximum Gasteiger partial charge on any atom is 0.310 e. The fourth-order valence-corrected chi connectivity index (χ4v) is 4.74. The SMILES string of the molecule is CC/C=C\C/C=C\C/C=C\C/C=C\C/C=C\CC(=O)OC(CO)COC(=O)CCCCCCCCC/C=C\CCCCCCCC. The largest absolute Gasteiger partial charge is 0.462 e. The summed E-state index contributed by atoms with van der Waals surface area (Å²) in [4.78, 5) is 24.1. The number of hydrogen-bond donors (Lipinski definition) is 1. The first-order valence-electron chi connectivity index (χ1n) is 18.5. The zero-order chi connectivity index (χ0) is 33.6. The second-order valence-corrected chi connectivity index (χ2v) is 11.9. The lowest BCUT2D eigenvalue weighted by atomic mass is 10.1. The molecule has 0 aliphatic rings. The van der Waals surface area contributed by atoms with E-state index in [1.54, 1.807) is 6.08 Å². The number of hydrogen-bond acceptors (Lipinski definition) is 5. The fraction of sp³-hybridized carbons (Fsp3) is 0.659. The molecule has 5 heteroatoms. The van der Waals surface area contributed by atoms with Crippen LogP contribution in [-0.4, -0.2) is 36.4 Å². The first-order chi connectivity index (χ1) is 22.6. The lowest BCUT2D eigenvalue weighted by Crippen LogP contribution is -2.28. The van der Waals surface area contributed by atoms with Crippen molar-refractivity contribution in [2.45, 2.75) is 161 Å². The molecule has 0 radical (unpaired) electrons. The molecule has 46 heavy (non-hydrogen) atoms. The van der Waals surface area contributed by atoms with Gasteiger partial charge in [-0.3, -0.25) is 9.59 Å². The minimum Gasteiger partial charge on any atom is -0.462 e. The number of unbranched alkanes of at least 4 members (excludes halogenated alkanes) is 13. The maximum atomic E-state index is 12.1. The van der Waals surface area contributed by atoms with Crippen LogP contribution in [0, 0.1) is 0 Å². The van der Waals surface area contributed by atoms with Crippen LogP contribution < -0.4 is 0 Å². The van der Waals surface area contributed by atoms with Crippen molar-refractivity contribution in [1.82, 2.24) is 0 Å². The molecule has 0 aliphatic carbocycles. The first-order valence-corrected chi connectivity index (χ1v) is 18.5. The zero-order valence-corrected chi connectivity index (χ0v) is 29.6. The summed E-state index contributed by atoms with van der Waals surface area (Å²) in [5, 5.41) is 9.51. The summed E-state index contributed by atoms with van der Waals surface area (Å²) >= 11 is 0. The molecule has 262 valence electrons. The van der Waals surface area contributed by atoms with Crippen molar-refractivity contribution in [2.24, 2.45) is 0 Å². The summed E-state index contributed by atoms with van der Waals surface area (Å²) in [6.45, 7) is 3.91. The van der Waals surface area contributed by atoms with Gasteiger partial charge in [0.2, 0.25) is 0 Å². The zero-order valence-electron chi connectivity index (χ0n) is 29.6. The highest BCUT2D eigenvalue weighted by molar-refractivity contribution is 5.71. The van der Waals surface area contributed by atoms with Crippen molar-refractivity contribution in [1.29, 1.82) is 0 Å². The third kappa shape index (κ3) is 34.2. The molecule has 1 unspecified atom stereocenters. The number of rotatable bonds is 32. The molecule has 0 amide bonds. The van der Waals surface area contributed by atoms with Crippen LogP contribution in [0.25, 0.3) is 0 Å². The van der Waals surface area contributed by atoms with E-state index in [2.05, 4.69) is 74.6 Å². The van der Waals surface area contributed by atoms with Crippen molar-refractivity contribution in [3.05, 3.63) is 72.9 Å². The minimum atomic E-state index is -0.829. The highest BCUT2D eigenvalue weighted by Crippen LogP contribution is 2.12. The van der Waals surface area contributed by atoms with E-state index < -0.39 is 12.1 Å². The van der Waals surface area contributed by atoms with Gasteiger partial charge in [-0.2, -0.15) is 0 Å². The summed E-state index contributed by atoms with van der Waals surface area (Å²) in [6.07, 6.45) is 48.4. The van der Waals surface area contributed by atoms with Crippen molar-refractivity contribution >= 4 is 11.9 Å². The molecule has 0 heterocycles. The van der Waals surface area contributed by atoms with Crippen LogP contribution in [0.15, 0.2) is 72.9 Å². The topological polar surface area (TPSA) is 72.8 Å². The third-order valence-electron chi connectivity index (χ3n) is 7.52. The Bertz CT molecular complexity index is 864. The van der Waals surface area contributed by atoms with Gasteiger partial charge in [0.05, 0.1) is 13.0 Å². The molecule has 1 N–H and O–H groups in total. The molecule has 5 nitrogen and oxygen atoms in total. The summed E-state index contributed by atoms with van der Waals surface area (Å²) < 4.78 is 10.5. The number of ether oxygens (including phenoxy) is 2. The number of esters is 2. The monoisotopic (exact) mass is 641 g/mol. The van der Waals surface area contributed by atoms with Crippen LogP contribution in [0.2, 0.25) is 0 Å². The molecule has 0 aromatic rings. The van der Waals surface area contributed by atoms with Gasteiger partial charge in [-0.1, -0.05) is 151 Å². The van der Waals surface area contributed by atoms with Crippen LogP contribution in [0.4, 0.5) is 0 Å². The molecule has 0 bridgehead atoms. The van der Waals surface area contributed by atoms with E-state index in [9.17, 15) is 14.7 Å². The Morgan fingerprint density at radius 3 is 1.50 bits per heavy atom. The molecule has 0 spiro atoms. The van der Waals surface area contributed by atoms with E-state index in [4.69, 9.17) is 9.47 Å². The molecule has 0 aliphatic heterocycles. The van der Waals surface area contributed by atoms with E-state index in [1.807, 2.05) is 6.08 Å². The van der Waals surface area contributed by atoms with E-state index in [0.717, 1.165) is 51.4 Å². The summed E-state index contributed by atoms with van der Waals surface area (Å²) in [5.41, 5.74) is 0. The summed E-state index contributed by atoms with van der Waals surface area (Å²) in [7, 11) is 0. The predicted octanol–water partition coefficient (Wildman–Crippen LogP) is 11.4. The average molecular weight is 641 g/mol. The molecule has 0 aromatic carbocycles. The van der Waals surface area contributed by atoms with Gasteiger partial charge in [0, 0.05) is 6.42 Å². The number of carbonyl (C=O) groups excluding carboxylic acids is 2. The number of aliphatic hydroxyl groups is 1. The van der Waals surface area contributed by atoms with Crippen molar-refractivity contribution in [3.63, 3.8) is 0 Å². The van der Waals surface area contributed by atoms with E-state index in [1.165, 1.54) is 77.0 Å². The quantitative estimate of drug-likeness (QED) is 0.0450. The Morgan fingerprint density at radius 2 is 1.00 bits per heavy atom. The van der Waals surface area contributed by atoms with Crippen molar-refractivity contribution in [3.8, 4) is 0 Å². The molecule has 0 saturated carbocycles. The number of allylic oxidation sites excluding steroid dienone is 11. The van der Waals surface area contributed by atoms with Crippen LogP contribution in [-0.2, 0) is 19.1 Å². The fourth-order valence-electron chi connectivity index (χ4n) is 4.74. The van der Waals surface area contributed by atoms with Gasteiger partial charge in [0.1, 0.15) is 6.61 Å². The normalized spacial score (nSPS) is 13.0. The van der Waals surface area contributed by atoms with Crippen molar-refractivity contribution in [2.75, 3.05) is 13.2 Å². The summed E-state index contributed by atoms with van der Waals surface area (Å²) in [5.74, 6) is -0.749. The van der Waals surface area contributed by atoms with Gasteiger partial charge in [0.25, 0.3) is 0 Å². The van der Waals surface area contributed by atoms with E-state index in [-0.39, 0.29) is 25.6 Å². The number of aliphatic hydroxyl groups excluding tert-OH is 1. The van der Waals surface area contributed by atoms with Crippen LogP contribution in [0.3, 0.4) is 0 Å². The van der Waals surface area contributed by atoms with Gasteiger partial charge >= 0.3 is 11.9 Å². The number of carbonyl (C=O) groups is 2. The Balaban J connectivity index is 3.71. The lowest BCUT2D eigenvalue weighted by molar-refractivity contribution is -0.160. The Hall–Kier alpha value is -2.66. The molecule has 0 saturated heterocycles. The first kappa shape index (κ1) is 43.3. The van der Waals surface area contributed by atoms with Crippen LogP contribution >= 0.6 is 0 Å². The summed E-state index contributed by atoms with van der Waals surface area (Å²) in [6, 6.07) is 0. The van der Waals surface area contributed by atoms with Gasteiger partial charge in [0.15, 0.2) is 6.10 Å². The second kappa shape index (κ2) is 36.8. The van der Waals surface area contributed by atoms with Gasteiger partial charge < -0.3 is 14.6 Å². The lowest BCUT2D eigenvalue weighted by Gasteiger charge is -2.15. The Kier molecular flexibility index (Phi) is 34.7. The van der Waals surface area contributed by atoms with Gasteiger partial charge in [-0.25, -0.2) is 0 Å². The third-order valence-corrected chi connectivity index (χ3v) is 7.52. The highest BCUT2D eigenvalue weighted by atomic mass is 16.6. The molecule has 0 aromatic heterocycles. The molecular formula is C41H68O5. The molecule has 0 rings (SSSR count). The van der Waals surface area contributed by atoms with Crippen LogP contribution in [0.5, 0.6) is 0 Å². The van der Waals surface area contributed by atoms with Gasteiger partial charge in [-0.05, 0) is 64.2 Å². The van der Waals surface area contributed by atoms with Crippen molar-refractivity contribution < 1.29 is 24.2 Å². The minimum absolute atomic E-state index is 0.111. The predicted molar refractivity (Wildman–Crippen MR) is 196 cm³/mol. The standard InChI is InChI=1S/C41H68O5/c1-3-5-7-9-11-13-15-17-19-20-22-23-25-27-29-31-33-35-40(43)45-38-39(37-42)46-41(44)36-34-32-30-28-26-24-21-18-16-14-12-10-8-6-4-2/h6,8,12,14,17-19,21,26,28,32,34,39,42H,3-5,7,9-11,13,15-16,20,22-25,27,29-31,33,35-38H2,1-2H3/b8-6-,14-12-,19-17-,21-18-,28-26-,34-32-. The van der Waals surface area contributed by atoms with E-state index in [0.29, 0.717) is 6.42 Å². The Morgan fingerprint density at radius 1 is 0.543 bits per heavy atom. The second-order valence-electron chi connectivity index (χ2n) is 11.9. The maximum absolute atomic E-state index is 12.1. The van der Waals surface area contributed by atoms with Gasteiger partial charge in [-0.15, -0.1) is 0 Å². The smallest absolute Gasteiger partial charge is 0.310 e. The highest BCUT2D eigenvalue weighted by Gasteiger charge is 2.15. The molecule has 0 fully saturated rings. The van der Waals surface area contributed by atoms with E-state index >= 15 is 0 Å². The molecular weight excluding hydrogens is 572 g/mol. The van der Waals surface area contributed by atoms with Crippen LogP contribution in [0.1, 0.15) is 155 Å².